The van der Waals surface area contributed by atoms with Gasteiger partial charge in [-0.05, 0) is 31.4 Å². The third-order valence-electron chi connectivity index (χ3n) is 4.87. The van der Waals surface area contributed by atoms with Crippen LogP contribution < -0.4 is 5.32 Å². The number of hydrogen-bond acceptors (Lipinski definition) is 4. The molecule has 0 saturated carbocycles. The quantitative estimate of drug-likeness (QED) is 0.765. The summed E-state index contributed by atoms with van der Waals surface area (Å²) in [5, 5.41) is 2.56. The van der Waals surface area contributed by atoms with E-state index in [9.17, 15) is 18.4 Å². The normalized spacial score (nSPS) is 20.7. The van der Waals surface area contributed by atoms with E-state index in [-0.39, 0.29) is 30.2 Å². The van der Waals surface area contributed by atoms with Crippen LogP contribution in [-0.4, -0.2) is 55.9 Å². The summed E-state index contributed by atoms with van der Waals surface area (Å²) >= 11 is 0. The number of likely N-dealkylation sites (tertiary alicyclic amines) is 1. The molecule has 2 saturated heterocycles. The minimum atomic E-state index is -0.903. The largest absolute Gasteiger partial charge is 0.352 e. The predicted octanol–water partition coefficient (Wildman–Crippen LogP) is 2.09. The SMILES string of the molecule is O=C(NCCCC(=O)N1CCCC(C2OCCO2)C1)c1ccc(F)cc1F. The van der Waals surface area contributed by atoms with Gasteiger partial charge in [0.25, 0.3) is 5.91 Å². The summed E-state index contributed by atoms with van der Waals surface area (Å²) in [6, 6.07) is 2.81. The van der Waals surface area contributed by atoms with Crippen LogP contribution in [0.5, 0.6) is 0 Å². The first kappa shape index (κ1) is 19.7. The maximum absolute atomic E-state index is 13.6. The third-order valence-corrected chi connectivity index (χ3v) is 4.87. The molecule has 2 heterocycles. The van der Waals surface area contributed by atoms with Crippen molar-refractivity contribution in [1.29, 1.82) is 0 Å². The second-order valence-electron chi connectivity index (χ2n) is 6.84. The molecule has 2 aliphatic rings. The highest BCUT2D eigenvalue weighted by atomic mass is 19.1. The molecular weight excluding hydrogens is 358 g/mol. The van der Waals surface area contributed by atoms with E-state index in [2.05, 4.69) is 5.32 Å². The van der Waals surface area contributed by atoms with Crippen LogP contribution in [0.15, 0.2) is 18.2 Å². The van der Waals surface area contributed by atoms with Gasteiger partial charge >= 0.3 is 0 Å². The number of benzene rings is 1. The molecule has 8 heteroatoms. The minimum absolute atomic E-state index is 0.0277. The zero-order valence-electron chi connectivity index (χ0n) is 15.1. The Labute approximate surface area is 156 Å². The summed E-state index contributed by atoms with van der Waals surface area (Å²) in [6.45, 7) is 2.78. The van der Waals surface area contributed by atoms with Crippen molar-refractivity contribution in [1.82, 2.24) is 10.2 Å². The second-order valence-corrected chi connectivity index (χ2v) is 6.84. The number of carbonyl (C=O) groups excluding carboxylic acids is 2. The van der Waals surface area contributed by atoms with E-state index in [0.717, 1.165) is 31.5 Å². The zero-order valence-corrected chi connectivity index (χ0v) is 15.1. The van der Waals surface area contributed by atoms with Crippen molar-refractivity contribution >= 4 is 11.8 Å². The lowest BCUT2D eigenvalue weighted by atomic mass is 9.97. The van der Waals surface area contributed by atoms with Crippen molar-refractivity contribution < 1.29 is 27.8 Å². The van der Waals surface area contributed by atoms with Crippen molar-refractivity contribution in [2.24, 2.45) is 5.92 Å². The number of piperidine rings is 1. The lowest BCUT2D eigenvalue weighted by Crippen LogP contribution is -2.44. The maximum atomic E-state index is 13.6. The number of nitrogens with zero attached hydrogens (tertiary/aromatic N) is 1. The number of rotatable bonds is 6. The number of nitrogens with one attached hydrogen (secondary N) is 1. The molecule has 6 nitrogen and oxygen atoms in total. The zero-order chi connectivity index (χ0) is 19.2. The first-order chi connectivity index (χ1) is 13.0. The van der Waals surface area contributed by atoms with E-state index in [0.29, 0.717) is 38.7 Å². The minimum Gasteiger partial charge on any atom is -0.352 e. The third kappa shape index (κ3) is 5.23. The summed E-state index contributed by atoms with van der Waals surface area (Å²) in [4.78, 5) is 26.1. The van der Waals surface area contributed by atoms with Gasteiger partial charge in [0.1, 0.15) is 11.6 Å². The van der Waals surface area contributed by atoms with Crippen LogP contribution in [0.4, 0.5) is 8.78 Å². The lowest BCUT2D eigenvalue weighted by molar-refractivity contribution is -0.139. The van der Waals surface area contributed by atoms with Crippen LogP contribution in [0.2, 0.25) is 0 Å². The first-order valence-corrected chi connectivity index (χ1v) is 9.29. The number of ether oxygens (including phenoxy) is 2. The Morgan fingerprint density at radius 3 is 2.74 bits per heavy atom. The van der Waals surface area contributed by atoms with E-state index in [1.54, 1.807) is 0 Å². The van der Waals surface area contributed by atoms with Gasteiger partial charge in [-0.25, -0.2) is 8.78 Å². The van der Waals surface area contributed by atoms with Crippen molar-refractivity contribution in [3.05, 3.63) is 35.4 Å². The fraction of sp³-hybridized carbons (Fsp3) is 0.579. The van der Waals surface area contributed by atoms with Crippen molar-refractivity contribution in [3.8, 4) is 0 Å². The van der Waals surface area contributed by atoms with Crippen LogP contribution in [0.1, 0.15) is 36.0 Å². The standard InChI is InChI=1S/C19H24F2N2O4/c20-14-5-6-15(16(21)11-14)18(25)22-7-1-4-17(24)23-8-2-3-13(12-23)19-26-9-10-27-19/h5-6,11,13,19H,1-4,7-10,12H2,(H,22,25). The lowest BCUT2D eigenvalue weighted by Gasteiger charge is -2.34. The molecule has 1 aromatic carbocycles. The van der Waals surface area contributed by atoms with Gasteiger partial charge in [-0.2, -0.15) is 0 Å². The Morgan fingerprint density at radius 2 is 2.00 bits per heavy atom. The average Bonchev–Trinajstić information content (AvgIpc) is 3.20. The first-order valence-electron chi connectivity index (χ1n) is 9.29. The molecule has 1 N–H and O–H groups in total. The summed E-state index contributed by atoms with van der Waals surface area (Å²) in [5.74, 6) is -2.03. The Hall–Kier alpha value is -2.06. The van der Waals surface area contributed by atoms with Crippen LogP contribution in [0.3, 0.4) is 0 Å². The Kier molecular flexibility index (Phi) is 6.73. The number of hydrogen-bond donors (Lipinski definition) is 1. The summed E-state index contributed by atoms with van der Waals surface area (Å²) < 4.78 is 37.5. The predicted molar refractivity (Wildman–Crippen MR) is 92.9 cm³/mol. The average molecular weight is 382 g/mol. The summed E-state index contributed by atoms with van der Waals surface area (Å²) in [7, 11) is 0. The van der Waals surface area contributed by atoms with E-state index >= 15 is 0 Å². The van der Waals surface area contributed by atoms with Gasteiger partial charge in [0.05, 0.1) is 18.8 Å². The highest BCUT2D eigenvalue weighted by Crippen LogP contribution is 2.25. The van der Waals surface area contributed by atoms with Crippen molar-refractivity contribution in [2.75, 3.05) is 32.8 Å². The van der Waals surface area contributed by atoms with Crippen LogP contribution in [0.25, 0.3) is 0 Å². The molecule has 2 aliphatic heterocycles. The molecule has 1 atom stereocenters. The molecule has 0 aromatic heterocycles. The fourth-order valence-electron chi connectivity index (χ4n) is 3.48. The highest BCUT2D eigenvalue weighted by Gasteiger charge is 2.32. The van der Waals surface area contributed by atoms with Gasteiger partial charge in [0, 0.05) is 38.0 Å². The molecule has 0 spiro atoms. The van der Waals surface area contributed by atoms with E-state index in [4.69, 9.17) is 9.47 Å². The Morgan fingerprint density at radius 1 is 1.22 bits per heavy atom. The molecular formula is C19H24F2N2O4. The number of amides is 2. The van der Waals surface area contributed by atoms with Crippen LogP contribution in [0, 0.1) is 17.6 Å². The van der Waals surface area contributed by atoms with E-state index in [1.165, 1.54) is 0 Å². The monoisotopic (exact) mass is 382 g/mol. The van der Waals surface area contributed by atoms with E-state index in [1.807, 2.05) is 4.90 Å². The molecule has 0 bridgehead atoms. The van der Waals surface area contributed by atoms with E-state index < -0.39 is 17.5 Å². The van der Waals surface area contributed by atoms with Crippen LogP contribution in [-0.2, 0) is 14.3 Å². The molecule has 1 unspecified atom stereocenters. The van der Waals surface area contributed by atoms with Gasteiger partial charge in [0.2, 0.25) is 5.91 Å². The second kappa shape index (κ2) is 9.23. The van der Waals surface area contributed by atoms with Gasteiger partial charge < -0.3 is 19.7 Å². The Bertz CT molecular complexity index is 680. The Balaban J connectivity index is 1.39. The molecule has 148 valence electrons. The van der Waals surface area contributed by atoms with Gasteiger partial charge in [-0.1, -0.05) is 0 Å². The maximum Gasteiger partial charge on any atom is 0.254 e. The van der Waals surface area contributed by atoms with Gasteiger partial charge in [0.15, 0.2) is 6.29 Å². The highest BCUT2D eigenvalue weighted by molar-refractivity contribution is 5.94. The van der Waals surface area contributed by atoms with Gasteiger partial charge in [-0.15, -0.1) is 0 Å². The topological polar surface area (TPSA) is 67.9 Å². The van der Waals surface area contributed by atoms with Gasteiger partial charge in [-0.3, -0.25) is 9.59 Å². The number of carbonyl (C=O) groups is 2. The molecule has 3 rings (SSSR count). The molecule has 1 aromatic rings. The molecule has 0 aliphatic carbocycles. The molecule has 2 fully saturated rings. The number of halogens is 2. The summed E-state index contributed by atoms with van der Waals surface area (Å²) in [6.07, 6.45) is 2.43. The summed E-state index contributed by atoms with van der Waals surface area (Å²) in [5.41, 5.74) is -0.210. The smallest absolute Gasteiger partial charge is 0.254 e. The fourth-order valence-corrected chi connectivity index (χ4v) is 3.48. The van der Waals surface area contributed by atoms with Crippen molar-refractivity contribution in [3.63, 3.8) is 0 Å². The molecule has 2 amide bonds. The van der Waals surface area contributed by atoms with Crippen molar-refractivity contribution in [2.45, 2.75) is 32.0 Å². The van der Waals surface area contributed by atoms with Crippen LogP contribution >= 0.6 is 0 Å². The molecule has 0 radical (unpaired) electrons. The molecule has 27 heavy (non-hydrogen) atoms.